The van der Waals surface area contributed by atoms with Gasteiger partial charge in [0.2, 0.25) is 5.89 Å². The summed E-state index contributed by atoms with van der Waals surface area (Å²) in [7, 11) is 0. The van der Waals surface area contributed by atoms with Crippen LogP contribution >= 0.6 is 11.3 Å². The van der Waals surface area contributed by atoms with Crippen molar-refractivity contribution in [2.45, 2.75) is 83.5 Å². The number of thiazole rings is 1. The number of carbonyl (C=O) groups is 2. The molecule has 10 heteroatoms. The lowest BCUT2D eigenvalue weighted by atomic mass is 9.85. The fourth-order valence-corrected chi connectivity index (χ4v) is 7.62. The standard InChI is InChI=1S/C40H43FN4O4S/c1-26-25-50-38(44-26)34-12-8-15-45(34)39(48)32-20-30(19-31(21-32)37-43-14-16-49-37)36(47)22-29(17-27-9-5-4-6-10-27)35(46)13-7-11-28-18-33(24-42-23-28)40(2,3)41/h4-6,9-10,14,16,18-21,23-25,29,34-35,46H,7-8,11-13,15,17,22H2,1-3H3/t29-,34-,35-/m1/s1. The van der Waals surface area contributed by atoms with E-state index < -0.39 is 11.8 Å². The second kappa shape index (κ2) is 15.6. The van der Waals surface area contributed by atoms with Gasteiger partial charge in [-0.1, -0.05) is 30.3 Å². The van der Waals surface area contributed by atoms with E-state index in [0.717, 1.165) is 34.7 Å². The van der Waals surface area contributed by atoms with Crippen LogP contribution in [0.15, 0.2) is 89.2 Å². The van der Waals surface area contributed by atoms with Gasteiger partial charge in [-0.15, -0.1) is 11.3 Å². The number of carbonyl (C=O) groups excluding carboxylic acids is 2. The van der Waals surface area contributed by atoms with Crippen LogP contribution in [0.1, 0.15) is 100 Å². The minimum absolute atomic E-state index is 0.0799. The van der Waals surface area contributed by atoms with Gasteiger partial charge in [-0.25, -0.2) is 14.4 Å². The molecule has 0 radical (unpaired) electrons. The second-order valence-corrected chi connectivity index (χ2v) is 14.6. The molecule has 4 heterocycles. The van der Waals surface area contributed by atoms with Crippen molar-refractivity contribution in [3.8, 4) is 11.5 Å². The maximum atomic E-state index is 14.5. The van der Waals surface area contributed by atoms with Gasteiger partial charge in [-0.2, -0.15) is 0 Å². The van der Waals surface area contributed by atoms with Crippen molar-refractivity contribution < 1.29 is 23.5 Å². The number of aliphatic hydroxyl groups is 1. The molecule has 0 bridgehead atoms. The van der Waals surface area contributed by atoms with Gasteiger partial charge in [-0.05, 0) is 101 Å². The van der Waals surface area contributed by atoms with Crippen molar-refractivity contribution in [1.82, 2.24) is 19.9 Å². The molecule has 50 heavy (non-hydrogen) atoms. The number of Topliss-reactive ketones (excluding diaryl/α,β-unsaturated/α-hetero) is 1. The van der Waals surface area contributed by atoms with Crippen molar-refractivity contribution >= 4 is 23.0 Å². The summed E-state index contributed by atoms with van der Waals surface area (Å²) in [6, 6.07) is 16.7. The predicted molar refractivity (Wildman–Crippen MR) is 192 cm³/mol. The lowest BCUT2D eigenvalue weighted by molar-refractivity contribution is 0.0734. The first-order valence-corrected chi connectivity index (χ1v) is 18.1. The van der Waals surface area contributed by atoms with Crippen molar-refractivity contribution in [3.63, 3.8) is 0 Å². The number of hydrogen-bond acceptors (Lipinski definition) is 8. The summed E-state index contributed by atoms with van der Waals surface area (Å²) in [5.74, 6) is -0.404. The van der Waals surface area contributed by atoms with E-state index in [0.29, 0.717) is 60.4 Å². The summed E-state index contributed by atoms with van der Waals surface area (Å²) in [6.45, 7) is 5.57. The highest BCUT2D eigenvalue weighted by molar-refractivity contribution is 7.09. The number of aryl methyl sites for hydroxylation is 2. The number of ketones is 1. The molecule has 6 rings (SSSR count). The SMILES string of the molecule is Cc1csc([C@H]2CCCN2C(=O)c2cc(C(=O)C[C@@H](Cc3ccccc3)[C@H](O)CCCc3cncc(C(C)(C)F)c3)cc(-c3ncco3)c2)n1. The quantitative estimate of drug-likeness (QED) is 0.116. The first-order chi connectivity index (χ1) is 24.0. The van der Waals surface area contributed by atoms with E-state index in [-0.39, 0.29) is 30.1 Å². The largest absolute Gasteiger partial charge is 0.445 e. The van der Waals surface area contributed by atoms with E-state index in [1.807, 2.05) is 53.6 Å². The van der Waals surface area contributed by atoms with Gasteiger partial charge in [0.15, 0.2) is 5.78 Å². The van der Waals surface area contributed by atoms with E-state index in [1.54, 1.807) is 41.9 Å². The molecule has 3 aromatic heterocycles. The Balaban J connectivity index is 1.23. The predicted octanol–water partition coefficient (Wildman–Crippen LogP) is 8.50. The minimum atomic E-state index is -1.49. The first-order valence-electron chi connectivity index (χ1n) is 17.2. The van der Waals surface area contributed by atoms with Crippen LogP contribution in [0, 0.1) is 12.8 Å². The Morgan fingerprint density at radius 1 is 1.10 bits per heavy atom. The third kappa shape index (κ3) is 8.60. The molecule has 1 fully saturated rings. The molecule has 8 nitrogen and oxygen atoms in total. The van der Waals surface area contributed by atoms with Crippen LogP contribution in [0.2, 0.25) is 0 Å². The van der Waals surface area contributed by atoms with E-state index >= 15 is 0 Å². The lowest BCUT2D eigenvalue weighted by Crippen LogP contribution is -2.31. The zero-order valence-electron chi connectivity index (χ0n) is 28.7. The van der Waals surface area contributed by atoms with E-state index in [2.05, 4.69) is 15.0 Å². The highest BCUT2D eigenvalue weighted by Gasteiger charge is 2.33. The molecule has 1 N–H and O–H groups in total. The Morgan fingerprint density at radius 2 is 1.90 bits per heavy atom. The molecule has 5 aromatic rings. The summed E-state index contributed by atoms with van der Waals surface area (Å²) >= 11 is 1.56. The monoisotopic (exact) mass is 694 g/mol. The molecule has 0 spiro atoms. The number of oxazole rings is 1. The molecular formula is C40H43FN4O4S. The van der Waals surface area contributed by atoms with Crippen LogP contribution in [-0.4, -0.2) is 49.3 Å². The number of likely N-dealkylation sites (tertiary alicyclic amines) is 1. The Kier molecular flexibility index (Phi) is 11.0. The Morgan fingerprint density at radius 3 is 2.62 bits per heavy atom. The number of nitrogens with zero attached hydrogens (tertiary/aromatic N) is 4. The summed E-state index contributed by atoms with van der Waals surface area (Å²) in [6.07, 6.45) is 9.52. The number of aromatic nitrogens is 3. The average Bonchev–Trinajstić information content (AvgIpc) is 3.90. The number of rotatable bonds is 14. The molecule has 0 unspecified atom stereocenters. The zero-order chi connectivity index (χ0) is 35.3. The van der Waals surface area contributed by atoms with Gasteiger partial charge in [0.25, 0.3) is 5.91 Å². The van der Waals surface area contributed by atoms with Crippen LogP contribution in [-0.2, 0) is 18.5 Å². The Bertz CT molecular complexity index is 1900. The molecule has 0 saturated carbocycles. The number of halogens is 1. The third-order valence-electron chi connectivity index (χ3n) is 9.40. The van der Waals surface area contributed by atoms with E-state index in [4.69, 9.17) is 4.42 Å². The summed E-state index contributed by atoms with van der Waals surface area (Å²) in [5.41, 5.74) is 3.18. The first kappa shape index (κ1) is 35.3. The summed E-state index contributed by atoms with van der Waals surface area (Å²) in [4.78, 5) is 43.3. The number of pyridine rings is 1. The normalized spacial score (nSPS) is 16.0. The molecular weight excluding hydrogens is 652 g/mol. The zero-order valence-corrected chi connectivity index (χ0v) is 29.5. The van der Waals surface area contributed by atoms with Gasteiger partial charge in [0.1, 0.15) is 16.9 Å². The van der Waals surface area contributed by atoms with Crippen LogP contribution < -0.4 is 0 Å². The number of amides is 1. The fraction of sp³-hybridized carbons (Fsp3) is 0.375. The number of benzene rings is 2. The maximum absolute atomic E-state index is 14.5. The van der Waals surface area contributed by atoms with Gasteiger partial charge < -0.3 is 14.4 Å². The highest BCUT2D eigenvalue weighted by Crippen LogP contribution is 2.36. The smallest absolute Gasteiger partial charge is 0.254 e. The number of alkyl halides is 1. The van der Waals surface area contributed by atoms with Crippen molar-refractivity contribution in [2.24, 2.45) is 5.92 Å². The van der Waals surface area contributed by atoms with Crippen molar-refractivity contribution in [1.29, 1.82) is 0 Å². The Hall–Kier alpha value is -4.54. The van der Waals surface area contributed by atoms with Gasteiger partial charge in [0, 0.05) is 58.7 Å². The number of aliphatic hydroxyl groups excluding tert-OH is 1. The molecule has 2 aromatic carbocycles. The molecule has 1 saturated heterocycles. The summed E-state index contributed by atoms with van der Waals surface area (Å²) < 4.78 is 20.1. The van der Waals surface area contributed by atoms with Crippen LogP contribution in [0.4, 0.5) is 4.39 Å². The maximum Gasteiger partial charge on any atom is 0.254 e. The minimum Gasteiger partial charge on any atom is -0.445 e. The second-order valence-electron chi connectivity index (χ2n) is 13.7. The molecule has 1 aliphatic heterocycles. The highest BCUT2D eigenvalue weighted by atomic mass is 32.1. The lowest BCUT2D eigenvalue weighted by Gasteiger charge is -2.24. The van der Waals surface area contributed by atoms with Crippen LogP contribution in [0.3, 0.4) is 0 Å². The van der Waals surface area contributed by atoms with Crippen LogP contribution in [0.25, 0.3) is 11.5 Å². The molecule has 1 amide bonds. The van der Waals surface area contributed by atoms with Gasteiger partial charge in [0.05, 0.1) is 18.3 Å². The van der Waals surface area contributed by atoms with Crippen molar-refractivity contribution in [3.05, 3.63) is 123 Å². The molecule has 1 aliphatic rings. The molecule has 3 atom stereocenters. The molecule has 0 aliphatic carbocycles. The average molecular weight is 695 g/mol. The topological polar surface area (TPSA) is 109 Å². The van der Waals surface area contributed by atoms with Gasteiger partial charge >= 0.3 is 0 Å². The Labute approximate surface area is 296 Å². The fourth-order valence-electron chi connectivity index (χ4n) is 6.68. The molecule has 260 valence electrons. The van der Waals surface area contributed by atoms with Gasteiger partial charge in [-0.3, -0.25) is 14.6 Å². The van der Waals surface area contributed by atoms with E-state index in [9.17, 15) is 19.1 Å². The van der Waals surface area contributed by atoms with E-state index in [1.165, 1.54) is 26.3 Å². The van der Waals surface area contributed by atoms with Crippen LogP contribution in [0.5, 0.6) is 0 Å². The van der Waals surface area contributed by atoms with Crippen molar-refractivity contribution in [2.75, 3.05) is 6.54 Å². The summed E-state index contributed by atoms with van der Waals surface area (Å²) in [5, 5.41) is 14.5. The third-order valence-corrected chi connectivity index (χ3v) is 10.5. The number of hydrogen-bond donors (Lipinski definition) is 1.